The highest BCUT2D eigenvalue weighted by atomic mass is 35.5. The largest absolute Gasteiger partial charge is 0.490 e. The predicted molar refractivity (Wildman–Crippen MR) is 151 cm³/mol. The Hall–Kier alpha value is -3.49. The zero-order valence-electron chi connectivity index (χ0n) is 23.2. The Balaban J connectivity index is 1.79. The number of carboxylic acid groups (broad SMARTS) is 1. The molecule has 5 rings (SSSR count). The quantitative estimate of drug-likeness (QED) is 0.373. The summed E-state index contributed by atoms with van der Waals surface area (Å²) in [6, 6.07) is 4.81. The van der Waals surface area contributed by atoms with Crippen LogP contribution in [0.2, 0.25) is 5.02 Å². The lowest BCUT2D eigenvalue weighted by Crippen LogP contribution is -2.30. The number of carbonyl (C=O) groups is 2. The minimum absolute atomic E-state index is 0.252. The molecule has 0 saturated heterocycles. The summed E-state index contributed by atoms with van der Waals surface area (Å²) < 4.78 is 27.3. The Labute approximate surface area is 237 Å². The molecule has 0 spiro atoms. The molecular weight excluding hydrogens is 535 g/mol. The minimum atomic E-state index is -1.31. The normalized spacial score (nSPS) is 15.3. The van der Waals surface area contributed by atoms with Gasteiger partial charge in [-0.2, -0.15) is 0 Å². The molecule has 9 heteroatoms. The van der Waals surface area contributed by atoms with Gasteiger partial charge in [-0.3, -0.25) is 9.78 Å². The number of amides is 1. The summed E-state index contributed by atoms with van der Waals surface area (Å²) in [7, 11) is 0. The number of carbonyl (C=O) groups excluding carboxylic acids is 1. The number of rotatable bonds is 5. The Morgan fingerprint density at radius 2 is 1.95 bits per heavy atom. The Kier molecular flexibility index (Phi) is 7.35. The van der Waals surface area contributed by atoms with Gasteiger partial charge in [0.1, 0.15) is 0 Å². The van der Waals surface area contributed by atoms with Crippen molar-refractivity contribution in [2.75, 3.05) is 18.1 Å². The van der Waals surface area contributed by atoms with E-state index in [0.717, 1.165) is 23.1 Å². The molecule has 0 radical (unpaired) electrons. The Bertz CT molecular complexity index is 1530. The number of pyridine rings is 1. The van der Waals surface area contributed by atoms with E-state index in [0.29, 0.717) is 59.0 Å². The van der Waals surface area contributed by atoms with Crippen molar-refractivity contribution in [2.45, 2.75) is 65.6 Å². The van der Waals surface area contributed by atoms with Crippen LogP contribution in [-0.4, -0.2) is 40.7 Å². The highest BCUT2D eigenvalue weighted by Crippen LogP contribution is 2.48. The first kappa shape index (κ1) is 28.1. The van der Waals surface area contributed by atoms with E-state index in [-0.39, 0.29) is 17.2 Å². The van der Waals surface area contributed by atoms with Crippen LogP contribution in [0.4, 0.5) is 10.1 Å². The van der Waals surface area contributed by atoms with E-state index in [4.69, 9.17) is 21.1 Å². The number of nitrogens with zero attached hydrogens (tertiary/aromatic N) is 2. The van der Waals surface area contributed by atoms with Gasteiger partial charge < -0.3 is 19.5 Å². The van der Waals surface area contributed by atoms with Crippen LogP contribution in [-0.2, 0) is 22.4 Å². The Morgan fingerprint density at radius 3 is 2.62 bits per heavy atom. The summed E-state index contributed by atoms with van der Waals surface area (Å²) in [5.41, 5.74) is 4.74. The van der Waals surface area contributed by atoms with Crippen molar-refractivity contribution < 1.29 is 28.6 Å². The molecule has 210 valence electrons. The molecule has 1 N–H and O–H groups in total. The van der Waals surface area contributed by atoms with Gasteiger partial charge in [0.15, 0.2) is 17.7 Å². The summed E-state index contributed by atoms with van der Waals surface area (Å²) in [5.74, 6) is -1.69. The number of halogens is 2. The van der Waals surface area contributed by atoms with Crippen molar-refractivity contribution in [1.82, 2.24) is 4.98 Å². The average molecular weight is 567 g/mol. The number of ether oxygens (including phenoxy) is 2. The first-order valence-electron chi connectivity index (χ1n) is 13.3. The number of fused-ring (bicyclic) bond motifs is 2. The third kappa shape index (κ3) is 4.95. The minimum Gasteiger partial charge on any atom is -0.490 e. The van der Waals surface area contributed by atoms with Crippen molar-refractivity contribution in [3.05, 3.63) is 74.8 Å². The van der Waals surface area contributed by atoms with E-state index < -0.39 is 23.5 Å². The van der Waals surface area contributed by atoms with Crippen molar-refractivity contribution in [3.8, 4) is 16.9 Å². The molecule has 0 aliphatic carbocycles. The molecule has 2 aliphatic rings. The molecule has 1 atom stereocenters. The molecule has 7 nitrogen and oxygen atoms in total. The fourth-order valence-corrected chi connectivity index (χ4v) is 5.92. The summed E-state index contributed by atoms with van der Waals surface area (Å²) >= 11 is 6.33. The first-order chi connectivity index (χ1) is 18.9. The average Bonchev–Trinajstić information content (AvgIpc) is 3.31. The van der Waals surface area contributed by atoms with Crippen LogP contribution >= 0.6 is 11.6 Å². The van der Waals surface area contributed by atoms with Gasteiger partial charge in [-0.25, -0.2) is 9.18 Å². The third-order valence-electron chi connectivity index (χ3n) is 7.44. The van der Waals surface area contributed by atoms with Crippen LogP contribution in [0, 0.1) is 19.7 Å². The maximum atomic E-state index is 15.5. The number of carboxylic acids is 1. The van der Waals surface area contributed by atoms with Gasteiger partial charge in [-0.1, -0.05) is 11.6 Å². The van der Waals surface area contributed by atoms with Gasteiger partial charge in [0.25, 0.3) is 5.91 Å². The van der Waals surface area contributed by atoms with Crippen LogP contribution in [0.15, 0.2) is 30.6 Å². The molecule has 3 aromatic rings. The van der Waals surface area contributed by atoms with Crippen LogP contribution < -0.4 is 9.64 Å². The summed E-state index contributed by atoms with van der Waals surface area (Å²) in [6.45, 7) is 9.89. The molecule has 3 heterocycles. The lowest BCUT2D eigenvalue weighted by molar-refractivity contribution is -0.160. The van der Waals surface area contributed by atoms with Crippen LogP contribution in [0.3, 0.4) is 0 Å². The number of hydrogen-bond donors (Lipinski definition) is 1. The smallest absolute Gasteiger partial charge is 0.337 e. The van der Waals surface area contributed by atoms with E-state index in [9.17, 15) is 14.7 Å². The summed E-state index contributed by atoms with van der Waals surface area (Å²) in [5, 5.41) is 10.7. The standard InChI is InChI=1S/C31H32ClFN2O5/c1-16-13-24-19(9-11-35(24)29(36)21-15-34-10-8-22(21)32)26(25(16)28(30(37)38)40-31(3,4)5)20-14-23(33)27-18(17(20)2)7-6-12-39-27/h8,10,13-15,28H,6-7,9,11-12H2,1-5H3,(H,37,38)/t28-/m0/s1. The van der Waals surface area contributed by atoms with Crippen molar-refractivity contribution >= 4 is 29.2 Å². The molecule has 0 unspecified atom stereocenters. The predicted octanol–water partition coefficient (Wildman–Crippen LogP) is 6.63. The van der Waals surface area contributed by atoms with Crippen LogP contribution in [0.5, 0.6) is 5.75 Å². The molecule has 1 amide bonds. The molecule has 0 saturated carbocycles. The number of anilines is 1. The molecule has 0 bridgehead atoms. The topological polar surface area (TPSA) is 89.0 Å². The van der Waals surface area contributed by atoms with Crippen molar-refractivity contribution in [2.24, 2.45) is 0 Å². The highest BCUT2D eigenvalue weighted by molar-refractivity contribution is 6.34. The second-order valence-corrected chi connectivity index (χ2v) is 11.7. The van der Waals surface area contributed by atoms with Gasteiger partial charge in [-0.15, -0.1) is 0 Å². The number of aryl methyl sites for hydroxylation is 1. The lowest BCUT2D eigenvalue weighted by atomic mass is 9.83. The van der Waals surface area contributed by atoms with Gasteiger partial charge in [-0.05, 0) is 99.9 Å². The Morgan fingerprint density at radius 1 is 1.20 bits per heavy atom. The van der Waals surface area contributed by atoms with Gasteiger partial charge in [0.05, 0.1) is 22.8 Å². The van der Waals surface area contributed by atoms with E-state index in [1.807, 2.05) is 13.0 Å². The molecule has 2 aromatic carbocycles. The highest BCUT2D eigenvalue weighted by Gasteiger charge is 2.37. The third-order valence-corrected chi connectivity index (χ3v) is 7.77. The molecule has 40 heavy (non-hydrogen) atoms. The van der Waals surface area contributed by atoms with E-state index in [1.54, 1.807) is 38.7 Å². The fraction of sp³-hybridized carbons (Fsp3) is 0.387. The summed E-state index contributed by atoms with van der Waals surface area (Å²) in [4.78, 5) is 32.0. The molecule has 0 fully saturated rings. The first-order valence-corrected chi connectivity index (χ1v) is 13.7. The van der Waals surface area contributed by atoms with Crippen LogP contribution in [0.25, 0.3) is 11.1 Å². The zero-order valence-corrected chi connectivity index (χ0v) is 24.0. The van der Waals surface area contributed by atoms with E-state index in [1.165, 1.54) is 18.5 Å². The molecule has 2 aliphatic heterocycles. The fourth-order valence-electron chi connectivity index (χ4n) is 5.74. The van der Waals surface area contributed by atoms with Crippen molar-refractivity contribution in [1.29, 1.82) is 0 Å². The van der Waals surface area contributed by atoms with Crippen molar-refractivity contribution in [3.63, 3.8) is 0 Å². The number of aliphatic carboxylic acids is 1. The SMILES string of the molecule is Cc1cc2c(c(-c3cc(F)c4c(c3C)CCCO4)c1[C@H](OC(C)(C)C)C(=O)O)CCN2C(=O)c1cnccc1Cl. The monoisotopic (exact) mass is 566 g/mol. The maximum absolute atomic E-state index is 15.5. The molecule has 1 aromatic heterocycles. The second-order valence-electron chi connectivity index (χ2n) is 11.3. The molecular formula is C31H32ClFN2O5. The zero-order chi connectivity index (χ0) is 28.9. The number of benzene rings is 2. The van der Waals surface area contributed by atoms with Gasteiger partial charge >= 0.3 is 5.97 Å². The lowest BCUT2D eigenvalue weighted by Gasteiger charge is -2.30. The van der Waals surface area contributed by atoms with Gasteiger partial charge in [0.2, 0.25) is 0 Å². The van der Waals surface area contributed by atoms with E-state index in [2.05, 4.69) is 4.98 Å². The number of hydrogen-bond acceptors (Lipinski definition) is 5. The van der Waals surface area contributed by atoms with Gasteiger partial charge in [0, 0.05) is 35.8 Å². The second kappa shape index (κ2) is 10.5. The van der Waals surface area contributed by atoms with Crippen LogP contribution in [0.1, 0.15) is 71.5 Å². The number of aromatic nitrogens is 1. The maximum Gasteiger partial charge on any atom is 0.337 e. The van der Waals surface area contributed by atoms with E-state index >= 15 is 4.39 Å². The summed E-state index contributed by atoms with van der Waals surface area (Å²) in [6.07, 6.45) is 3.50.